The molecule has 1 fully saturated rings. The van der Waals surface area contributed by atoms with Crippen LogP contribution < -0.4 is 15.4 Å². The highest BCUT2D eigenvalue weighted by Crippen LogP contribution is 2.40. The summed E-state index contributed by atoms with van der Waals surface area (Å²) in [7, 11) is 0. The number of carbonyl (C=O) groups excluding carboxylic acids is 3. The monoisotopic (exact) mass is 470 g/mol. The molecule has 0 bridgehead atoms. The van der Waals surface area contributed by atoms with Crippen molar-refractivity contribution in [3.63, 3.8) is 0 Å². The number of fused-ring (bicyclic) bond motifs is 1. The molecule has 0 spiro atoms. The van der Waals surface area contributed by atoms with E-state index in [1.165, 1.54) is 29.5 Å². The van der Waals surface area contributed by atoms with Crippen LogP contribution in [-0.2, 0) is 9.59 Å². The van der Waals surface area contributed by atoms with Gasteiger partial charge >= 0.3 is 6.03 Å². The van der Waals surface area contributed by atoms with E-state index >= 15 is 0 Å². The van der Waals surface area contributed by atoms with Crippen LogP contribution in [0.2, 0.25) is 0 Å². The summed E-state index contributed by atoms with van der Waals surface area (Å²) < 4.78 is 7.00. The summed E-state index contributed by atoms with van der Waals surface area (Å²) in [6, 6.07) is 8.92. The molecule has 10 nitrogen and oxygen atoms in total. The fourth-order valence-corrected chi connectivity index (χ4v) is 5.04. The summed E-state index contributed by atoms with van der Waals surface area (Å²) >= 11 is 2.53. The number of amides is 4. The van der Waals surface area contributed by atoms with Gasteiger partial charge in [0.05, 0.1) is 26.6 Å². The van der Waals surface area contributed by atoms with E-state index in [9.17, 15) is 24.5 Å². The van der Waals surface area contributed by atoms with Crippen molar-refractivity contribution in [3.8, 4) is 5.75 Å². The van der Waals surface area contributed by atoms with Crippen LogP contribution in [0.5, 0.6) is 5.75 Å². The van der Waals surface area contributed by atoms with Crippen molar-refractivity contribution in [2.24, 2.45) is 0 Å². The second kappa shape index (κ2) is 8.77. The number of thiazole rings is 1. The summed E-state index contributed by atoms with van der Waals surface area (Å²) in [5.74, 6) is -1.03. The second-order valence-electron chi connectivity index (χ2n) is 6.42. The summed E-state index contributed by atoms with van der Waals surface area (Å²) in [6.07, 6.45) is 1.19. The van der Waals surface area contributed by atoms with E-state index in [0.717, 1.165) is 27.7 Å². The maximum atomic E-state index is 11.9. The zero-order valence-electron chi connectivity index (χ0n) is 16.4. The number of nitro benzene ring substituents is 1. The Morgan fingerprint density at radius 1 is 1.16 bits per heavy atom. The lowest BCUT2D eigenvalue weighted by atomic mass is 10.1. The van der Waals surface area contributed by atoms with E-state index in [2.05, 4.69) is 4.98 Å². The number of rotatable bonds is 6. The predicted molar refractivity (Wildman–Crippen MR) is 118 cm³/mol. The van der Waals surface area contributed by atoms with Crippen molar-refractivity contribution in [2.45, 2.75) is 16.2 Å². The first-order valence-corrected chi connectivity index (χ1v) is 10.9. The molecule has 4 amide bonds. The van der Waals surface area contributed by atoms with Gasteiger partial charge in [0.2, 0.25) is 0 Å². The van der Waals surface area contributed by atoms with Crippen molar-refractivity contribution in [1.82, 2.24) is 15.6 Å². The molecule has 3 aromatic rings. The molecule has 1 aliphatic heterocycles. The number of aromatic nitrogens is 1. The first kappa shape index (κ1) is 21.5. The molecular formula is C20H14N4O6S2. The van der Waals surface area contributed by atoms with Crippen molar-refractivity contribution < 1.29 is 24.0 Å². The van der Waals surface area contributed by atoms with Crippen LogP contribution in [0.4, 0.5) is 10.5 Å². The molecule has 32 heavy (non-hydrogen) atoms. The van der Waals surface area contributed by atoms with Crippen LogP contribution in [0.3, 0.4) is 0 Å². The van der Waals surface area contributed by atoms with Gasteiger partial charge < -0.3 is 4.74 Å². The minimum Gasteiger partial charge on any atom is -0.494 e. The van der Waals surface area contributed by atoms with E-state index in [1.807, 2.05) is 35.8 Å². The Bertz CT molecular complexity index is 1290. The third-order valence-electron chi connectivity index (χ3n) is 4.28. The average molecular weight is 470 g/mol. The molecule has 2 heterocycles. The van der Waals surface area contributed by atoms with Crippen molar-refractivity contribution in [1.29, 1.82) is 0 Å². The third-order valence-corrected chi connectivity index (χ3v) is 6.43. The second-order valence-corrected chi connectivity index (χ2v) is 8.74. The number of benzene rings is 2. The van der Waals surface area contributed by atoms with E-state index < -0.39 is 22.8 Å². The van der Waals surface area contributed by atoms with Gasteiger partial charge in [0.25, 0.3) is 17.5 Å². The van der Waals surface area contributed by atoms with Gasteiger partial charge in [0, 0.05) is 6.07 Å². The van der Waals surface area contributed by atoms with Gasteiger partial charge in [-0.15, -0.1) is 11.3 Å². The van der Waals surface area contributed by atoms with E-state index in [-0.39, 0.29) is 16.8 Å². The summed E-state index contributed by atoms with van der Waals surface area (Å²) in [5, 5.41) is 15.6. The van der Waals surface area contributed by atoms with Gasteiger partial charge in [-0.3, -0.25) is 30.3 Å². The molecule has 2 N–H and O–H groups in total. The molecule has 162 valence electrons. The smallest absolute Gasteiger partial charge is 0.328 e. The quantitative estimate of drug-likeness (QED) is 0.241. The van der Waals surface area contributed by atoms with Gasteiger partial charge in [-0.1, -0.05) is 17.8 Å². The summed E-state index contributed by atoms with van der Waals surface area (Å²) in [4.78, 5) is 50.9. The summed E-state index contributed by atoms with van der Waals surface area (Å²) in [6.45, 7) is 2.43. The number of urea groups is 1. The number of nitrogens with one attached hydrogen (secondary N) is 2. The van der Waals surface area contributed by atoms with Crippen LogP contribution in [0.25, 0.3) is 16.3 Å². The van der Waals surface area contributed by atoms with Crippen LogP contribution in [0, 0.1) is 10.1 Å². The minimum atomic E-state index is -0.918. The molecule has 1 saturated heterocycles. The molecule has 2 aromatic carbocycles. The van der Waals surface area contributed by atoms with Gasteiger partial charge in [0.1, 0.15) is 11.3 Å². The maximum absolute atomic E-state index is 11.9. The van der Waals surface area contributed by atoms with Gasteiger partial charge in [-0.2, -0.15) is 0 Å². The molecule has 4 rings (SSSR count). The molecule has 0 aliphatic carbocycles. The number of hydrogen-bond donors (Lipinski definition) is 2. The lowest BCUT2D eigenvalue weighted by molar-refractivity contribution is -0.387. The highest BCUT2D eigenvalue weighted by molar-refractivity contribution is 8.01. The zero-order chi connectivity index (χ0) is 22.8. The average Bonchev–Trinajstić information content (AvgIpc) is 3.13. The van der Waals surface area contributed by atoms with Crippen molar-refractivity contribution in [2.75, 3.05) is 6.61 Å². The van der Waals surface area contributed by atoms with Gasteiger partial charge in [0.15, 0.2) is 4.34 Å². The minimum absolute atomic E-state index is 0.202. The number of barbiturate groups is 1. The number of imide groups is 2. The number of ether oxygens (including phenoxy) is 1. The molecule has 0 atom stereocenters. The SMILES string of the molecule is CCOc1ccc2nc(Sc3ccc(C=C4C(=O)NC(=O)NC4=O)cc3[N+](=O)[O-])sc2c1. The topological polar surface area (TPSA) is 141 Å². The number of hydrogen-bond acceptors (Lipinski definition) is 9. The zero-order valence-corrected chi connectivity index (χ0v) is 18.0. The first-order valence-electron chi connectivity index (χ1n) is 9.22. The Balaban J connectivity index is 1.64. The van der Waals surface area contributed by atoms with Crippen LogP contribution >= 0.6 is 23.1 Å². The maximum Gasteiger partial charge on any atom is 0.328 e. The largest absolute Gasteiger partial charge is 0.494 e. The highest BCUT2D eigenvalue weighted by atomic mass is 32.2. The molecule has 0 radical (unpaired) electrons. The number of nitro groups is 1. The highest BCUT2D eigenvalue weighted by Gasteiger charge is 2.28. The van der Waals surface area contributed by atoms with Crippen LogP contribution in [-0.4, -0.2) is 34.4 Å². The van der Waals surface area contributed by atoms with Crippen LogP contribution in [0.15, 0.2) is 51.2 Å². The molecule has 1 aliphatic rings. The Morgan fingerprint density at radius 2 is 1.91 bits per heavy atom. The molecule has 0 unspecified atom stereocenters. The van der Waals surface area contributed by atoms with E-state index in [4.69, 9.17) is 4.74 Å². The Hall–Kier alpha value is -3.77. The number of carbonyl (C=O) groups is 3. The Morgan fingerprint density at radius 3 is 2.59 bits per heavy atom. The normalized spacial score (nSPS) is 13.7. The molecule has 1 aromatic heterocycles. The number of nitrogens with zero attached hydrogens (tertiary/aromatic N) is 2. The third kappa shape index (κ3) is 4.45. The lowest BCUT2D eigenvalue weighted by Crippen LogP contribution is -2.51. The van der Waals surface area contributed by atoms with Crippen molar-refractivity contribution in [3.05, 3.63) is 57.6 Å². The molecule has 12 heteroatoms. The fourth-order valence-electron chi connectivity index (χ4n) is 2.90. The Labute approximate surface area is 188 Å². The molecule has 0 saturated carbocycles. The first-order chi connectivity index (χ1) is 15.3. The fraction of sp³-hybridized carbons (Fsp3) is 0.100. The van der Waals surface area contributed by atoms with Gasteiger partial charge in [-0.25, -0.2) is 9.78 Å². The summed E-state index contributed by atoms with van der Waals surface area (Å²) in [5.41, 5.74) is 0.497. The molecular weight excluding hydrogens is 456 g/mol. The van der Waals surface area contributed by atoms with E-state index in [0.29, 0.717) is 15.8 Å². The standard InChI is InChI=1S/C20H14N4O6S2/c1-2-30-11-4-5-13-16(9-11)32-20(21-13)31-15-6-3-10(8-14(15)24(28)29)7-12-17(25)22-19(27)23-18(12)26/h3-9H,2H2,1H3,(H2,22,23,25,26,27). The van der Waals surface area contributed by atoms with Gasteiger partial charge in [-0.05, 0) is 42.8 Å². The lowest BCUT2D eigenvalue weighted by Gasteiger charge is -2.13. The Kier molecular flexibility index (Phi) is 5.88. The van der Waals surface area contributed by atoms with Crippen molar-refractivity contribution >= 4 is 62.9 Å². The predicted octanol–water partition coefficient (Wildman–Crippen LogP) is 3.50. The van der Waals surface area contributed by atoms with E-state index in [1.54, 1.807) is 6.07 Å². The van der Waals surface area contributed by atoms with Crippen LogP contribution in [0.1, 0.15) is 12.5 Å².